The zero-order chi connectivity index (χ0) is 14.8. The second kappa shape index (κ2) is 5.90. The van der Waals surface area contributed by atoms with Gasteiger partial charge >= 0.3 is 0 Å². The van der Waals surface area contributed by atoms with E-state index in [9.17, 15) is 4.79 Å². The maximum atomic E-state index is 12.2. The molecule has 2 atom stereocenters. The predicted molar refractivity (Wildman–Crippen MR) is 82.0 cm³/mol. The molecule has 0 radical (unpaired) electrons. The lowest BCUT2D eigenvalue weighted by Crippen LogP contribution is -2.25. The number of aryl methyl sites for hydroxylation is 1. The summed E-state index contributed by atoms with van der Waals surface area (Å²) < 4.78 is 1.77. The number of nitrogens with one attached hydrogen (secondary N) is 1. The van der Waals surface area contributed by atoms with Gasteiger partial charge in [-0.05, 0) is 24.8 Å². The SMILES string of the molecule is CCn1cc(Cl)c(CNC(=O)C2CC2c2ccccc2)n1. The van der Waals surface area contributed by atoms with Crippen LogP contribution in [0.3, 0.4) is 0 Å². The summed E-state index contributed by atoms with van der Waals surface area (Å²) in [6.07, 6.45) is 2.71. The Morgan fingerprint density at radius 3 is 2.86 bits per heavy atom. The lowest BCUT2D eigenvalue weighted by molar-refractivity contribution is -0.122. The van der Waals surface area contributed by atoms with Crippen LogP contribution in [0.15, 0.2) is 36.5 Å². The average molecular weight is 304 g/mol. The van der Waals surface area contributed by atoms with Gasteiger partial charge in [0.1, 0.15) is 5.69 Å². The zero-order valence-corrected chi connectivity index (χ0v) is 12.7. The topological polar surface area (TPSA) is 46.9 Å². The lowest BCUT2D eigenvalue weighted by Gasteiger charge is -2.03. The largest absolute Gasteiger partial charge is 0.350 e. The summed E-state index contributed by atoms with van der Waals surface area (Å²) in [5, 5.41) is 7.87. The van der Waals surface area contributed by atoms with Crippen molar-refractivity contribution in [1.29, 1.82) is 0 Å². The third-order valence-electron chi connectivity index (χ3n) is 3.90. The number of halogens is 1. The maximum Gasteiger partial charge on any atom is 0.224 e. The Morgan fingerprint density at radius 2 is 2.19 bits per heavy atom. The standard InChI is InChI=1S/C16H18ClN3O/c1-2-20-10-14(17)15(19-20)9-18-16(21)13-8-12(13)11-6-4-3-5-7-11/h3-7,10,12-13H,2,8-9H2,1H3,(H,18,21). The molecule has 0 spiro atoms. The van der Waals surface area contributed by atoms with Crippen LogP contribution in [-0.4, -0.2) is 15.7 Å². The number of amides is 1. The Hall–Kier alpha value is -1.81. The predicted octanol–water partition coefficient (Wildman–Crippen LogP) is 2.98. The van der Waals surface area contributed by atoms with E-state index in [2.05, 4.69) is 22.5 Å². The highest BCUT2D eigenvalue weighted by Gasteiger charge is 2.43. The van der Waals surface area contributed by atoms with E-state index in [1.165, 1.54) is 5.56 Å². The molecular weight excluding hydrogens is 286 g/mol. The number of rotatable bonds is 5. The molecule has 1 aromatic heterocycles. The van der Waals surface area contributed by atoms with Crippen molar-refractivity contribution < 1.29 is 4.79 Å². The van der Waals surface area contributed by atoms with Crippen LogP contribution in [0.25, 0.3) is 0 Å². The molecule has 3 rings (SSSR count). The van der Waals surface area contributed by atoms with Gasteiger partial charge in [0.05, 0.1) is 11.6 Å². The number of aromatic nitrogens is 2. The first kappa shape index (κ1) is 14.1. The van der Waals surface area contributed by atoms with Gasteiger partial charge < -0.3 is 5.32 Å². The fourth-order valence-corrected chi connectivity index (χ4v) is 2.79. The van der Waals surface area contributed by atoms with Gasteiger partial charge in [-0.1, -0.05) is 41.9 Å². The third-order valence-corrected chi connectivity index (χ3v) is 4.21. The lowest BCUT2D eigenvalue weighted by atomic mass is 10.1. The zero-order valence-electron chi connectivity index (χ0n) is 11.9. The molecule has 1 aliphatic carbocycles. The summed E-state index contributed by atoms with van der Waals surface area (Å²) in [6.45, 7) is 3.16. The number of benzene rings is 1. The molecule has 110 valence electrons. The molecule has 2 unspecified atom stereocenters. The second-order valence-corrected chi connectivity index (χ2v) is 5.76. The van der Waals surface area contributed by atoms with Crippen LogP contribution in [-0.2, 0) is 17.9 Å². The molecule has 21 heavy (non-hydrogen) atoms. The van der Waals surface area contributed by atoms with Crippen molar-refractivity contribution >= 4 is 17.5 Å². The molecule has 0 saturated heterocycles. The highest BCUT2D eigenvalue weighted by molar-refractivity contribution is 6.31. The number of hydrogen-bond donors (Lipinski definition) is 1. The maximum absolute atomic E-state index is 12.2. The minimum atomic E-state index is 0.0828. The highest BCUT2D eigenvalue weighted by Crippen LogP contribution is 2.47. The molecule has 0 bridgehead atoms. The molecule has 4 nitrogen and oxygen atoms in total. The number of nitrogens with zero attached hydrogens (tertiary/aromatic N) is 2. The van der Waals surface area contributed by atoms with Gasteiger partial charge in [0.25, 0.3) is 0 Å². The fraction of sp³-hybridized carbons (Fsp3) is 0.375. The van der Waals surface area contributed by atoms with E-state index in [-0.39, 0.29) is 11.8 Å². The summed E-state index contributed by atoms with van der Waals surface area (Å²) in [5.74, 6) is 0.528. The first-order valence-corrected chi connectivity index (χ1v) is 7.61. The molecule has 1 heterocycles. The summed E-state index contributed by atoms with van der Waals surface area (Å²) in [7, 11) is 0. The fourth-order valence-electron chi connectivity index (χ4n) is 2.57. The Labute approximate surface area is 129 Å². The second-order valence-electron chi connectivity index (χ2n) is 5.36. The molecule has 1 N–H and O–H groups in total. The Kier molecular flexibility index (Phi) is 3.97. The van der Waals surface area contributed by atoms with Crippen LogP contribution >= 0.6 is 11.6 Å². The van der Waals surface area contributed by atoms with Crippen LogP contribution in [0.2, 0.25) is 5.02 Å². The monoisotopic (exact) mass is 303 g/mol. The van der Waals surface area contributed by atoms with E-state index >= 15 is 0 Å². The van der Waals surface area contributed by atoms with E-state index in [0.29, 0.717) is 17.5 Å². The molecule has 1 aliphatic rings. The van der Waals surface area contributed by atoms with Crippen molar-refractivity contribution in [2.75, 3.05) is 0 Å². The van der Waals surface area contributed by atoms with Gasteiger partial charge in [-0.2, -0.15) is 5.10 Å². The minimum Gasteiger partial charge on any atom is -0.350 e. The van der Waals surface area contributed by atoms with E-state index in [4.69, 9.17) is 11.6 Å². The first-order chi connectivity index (χ1) is 10.2. The van der Waals surface area contributed by atoms with Crippen molar-refractivity contribution in [3.05, 3.63) is 52.8 Å². The molecule has 0 aliphatic heterocycles. The van der Waals surface area contributed by atoms with Gasteiger partial charge in [0, 0.05) is 18.7 Å². The van der Waals surface area contributed by atoms with E-state index in [0.717, 1.165) is 18.7 Å². The van der Waals surface area contributed by atoms with Gasteiger partial charge in [-0.3, -0.25) is 9.48 Å². The Bertz CT molecular complexity index is 638. The first-order valence-electron chi connectivity index (χ1n) is 7.23. The van der Waals surface area contributed by atoms with Crippen molar-refractivity contribution in [1.82, 2.24) is 15.1 Å². The van der Waals surface area contributed by atoms with E-state index in [1.54, 1.807) is 10.9 Å². The van der Waals surface area contributed by atoms with E-state index in [1.807, 2.05) is 25.1 Å². The number of carbonyl (C=O) groups is 1. The molecule has 1 amide bonds. The Balaban J connectivity index is 1.55. The summed E-state index contributed by atoms with van der Waals surface area (Å²) in [5.41, 5.74) is 1.97. The molecule has 1 fully saturated rings. The van der Waals surface area contributed by atoms with Crippen LogP contribution in [0.4, 0.5) is 0 Å². The molecule has 1 saturated carbocycles. The molecule has 5 heteroatoms. The quantitative estimate of drug-likeness (QED) is 0.923. The summed E-state index contributed by atoms with van der Waals surface area (Å²) in [4.78, 5) is 12.2. The molecular formula is C16H18ClN3O. The smallest absolute Gasteiger partial charge is 0.224 e. The highest BCUT2D eigenvalue weighted by atomic mass is 35.5. The van der Waals surface area contributed by atoms with Crippen molar-refractivity contribution in [3.8, 4) is 0 Å². The van der Waals surface area contributed by atoms with Crippen LogP contribution in [0.5, 0.6) is 0 Å². The summed E-state index contributed by atoms with van der Waals surface area (Å²) in [6, 6.07) is 10.2. The average Bonchev–Trinajstić information content (AvgIpc) is 3.23. The van der Waals surface area contributed by atoms with Gasteiger partial charge in [0.2, 0.25) is 5.91 Å². The van der Waals surface area contributed by atoms with Crippen molar-refractivity contribution in [2.45, 2.75) is 32.4 Å². The van der Waals surface area contributed by atoms with Crippen LogP contribution < -0.4 is 5.32 Å². The minimum absolute atomic E-state index is 0.0828. The van der Waals surface area contributed by atoms with E-state index < -0.39 is 0 Å². The molecule has 1 aromatic carbocycles. The normalized spacial score (nSPS) is 20.3. The third kappa shape index (κ3) is 3.10. The number of carbonyl (C=O) groups excluding carboxylic acids is 1. The molecule has 2 aromatic rings. The van der Waals surface area contributed by atoms with Crippen LogP contribution in [0.1, 0.15) is 30.5 Å². The van der Waals surface area contributed by atoms with Crippen LogP contribution in [0, 0.1) is 5.92 Å². The number of hydrogen-bond acceptors (Lipinski definition) is 2. The van der Waals surface area contributed by atoms with Crippen molar-refractivity contribution in [3.63, 3.8) is 0 Å². The van der Waals surface area contributed by atoms with Gasteiger partial charge in [0.15, 0.2) is 0 Å². The Morgan fingerprint density at radius 1 is 1.43 bits per heavy atom. The van der Waals surface area contributed by atoms with Crippen molar-refractivity contribution in [2.24, 2.45) is 5.92 Å². The van der Waals surface area contributed by atoms with Gasteiger partial charge in [-0.25, -0.2) is 0 Å². The van der Waals surface area contributed by atoms with Gasteiger partial charge in [-0.15, -0.1) is 0 Å². The summed E-state index contributed by atoms with van der Waals surface area (Å²) >= 11 is 6.09.